The van der Waals surface area contributed by atoms with Crippen molar-refractivity contribution in [2.24, 2.45) is 5.92 Å². The van der Waals surface area contributed by atoms with Crippen LogP contribution in [-0.4, -0.2) is 48.2 Å². The summed E-state index contributed by atoms with van der Waals surface area (Å²) in [6.07, 6.45) is -1.26. The van der Waals surface area contributed by atoms with Gasteiger partial charge in [-0.15, -0.1) is 0 Å². The summed E-state index contributed by atoms with van der Waals surface area (Å²) in [6.45, 7) is 5.17. The van der Waals surface area contributed by atoms with E-state index in [2.05, 4.69) is 11.6 Å². The lowest BCUT2D eigenvalue weighted by molar-refractivity contribution is -0.137. The van der Waals surface area contributed by atoms with Crippen LogP contribution in [0.15, 0.2) is 79.5 Å². The maximum atomic E-state index is 12.7. The molecule has 0 bridgehead atoms. The van der Waals surface area contributed by atoms with Gasteiger partial charge in [-0.25, -0.2) is 14.6 Å². The van der Waals surface area contributed by atoms with Crippen LogP contribution in [0.5, 0.6) is 23.1 Å². The van der Waals surface area contributed by atoms with E-state index in [9.17, 15) is 22.8 Å². The summed E-state index contributed by atoms with van der Waals surface area (Å²) in [5.74, 6) is 1.12. The third-order valence-electron chi connectivity index (χ3n) is 6.10. The van der Waals surface area contributed by atoms with E-state index < -0.39 is 23.8 Å². The number of alkyl halides is 3. The minimum atomic E-state index is -4.47. The van der Waals surface area contributed by atoms with Gasteiger partial charge in [-0.2, -0.15) is 13.2 Å². The maximum Gasteiger partial charge on any atom is 0.417 e. The van der Waals surface area contributed by atoms with Crippen molar-refractivity contribution in [1.82, 2.24) is 9.88 Å². The molecule has 0 aliphatic carbocycles. The third-order valence-corrected chi connectivity index (χ3v) is 6.10. The lowest BCUT2D eigenvalue weighted by Gasteiger charge is -2.31. The van der Waals surface area contributed by atoms with E-state index in [0.29, 0.717) is 48.7 Å². The zero-order valence-corrected chi connectivity index (χ0v) is 21.4. The average Bonchev–Trinajstić information content (AvgIpc) is 2.96. The number of halogens is 3. The molecule has 0 N–H and O–H groups in total. The summed E-state index contributed by atoms with van der Waals surface area (Å²) in [6, 6.07) is 14.9. The van der Waals surface area contributed by atoms with Gasteiger partial charge in [-0.3, -0.25) is 0 Å². The van der Waals surface area contributed by atoms with Crippen molar-refractivity contribution in [3.8, 4) is 23.1 Å². The van der Waals surface area contributed by atoms with Crippen molar-refractivity contribution in [3.05, 3.63) is 90.6 Å². The molecule has 4 rings (SSSR count). The predicted octanol–water partition coefficient (Wildman–Crippen LogP) is 6.53. The van der Waals surface area contributed by atoms with Crippen LogP contribution in [-0.2, 0) is 10.9 Å². The molecule has 1 aromatic heterocycles. The van der Waals surface area contributed by atoms with Gasteiger partial charge in [-0.1, -0.05) is 12.7 Å². The molecule has 0 radical (unpaired) electrons. The number of carbonyl (C=O) groups is 2. The molecule has 2 heterocycles. The summed E-state index contributed by atoms with van der Waals surface area (Å²) < 4.78 is 59.7. The number of likely N-dealkylation sites (tertiary alicyclic amines) is 1. The highest BCUT2D eigenvalue weighted by Crippen LogP contribution is 2.30. The van der Waals surface area contributed by atoms with Crippen molar-refractivity contribution in [3.63, 3.8) is 0 Å². The Bertz CT molecular complexity index is 1290. The van der Waals surface area contributed by atoms with Crippen LogP contribution in [0.4, 0.5) is 18.0 Å². The van der Waals surface area contributed by atoms with Crippen molar-refractivity contribution in [1.29, 1.82) is 0 Å². The second-order valence-electron chi connectivity index (χ2n) is 8.98. The monoisotopic (exact) mass is 556 g/mol. The number of rotatable bonds is 9. The first kappa shape index (κ1) is 28.5. The van der Waals surface area contributed by atoms with E-state index in [-0.39, 0.29) is 18.4 Å². The fraction of sp³-hybridized carbons (Fsp3) is 0.276. The fourth-order valence-corrected chi connectivity index (χ4v) is 3.87. The van der Waals surface area contributed by atoms with Crippen molar-refractivity contribution >= 4 is 12.1 Å². The van der Waals surface area contributed by atoms with Gasteiger partial charge in [-0.05, 0) is 73.4 Å². The first-order chi connectivity index (χ1) is 19.2. The Kier molecular flexibility index (Phi) is 9.26. The van der Waals surface area contributed by atoms with E-state index in [1.807, 2.05) is 0 Å². The molecular weight excluding hydrogens is 529 g/mol. The number of amides is 1. The summed E-state index contributed by atoms with van der Waals surface area (Å²) >= 11 is 0. The largest absolute Gasteiger partial charge is 0.493 e. The third kappa shape index (κ3) is 7.98. The predicted molar refractivity (Wildman–Crippen MR) is 138 cm³/mol. The van der Waals surface area contributed by atoms with E-state index in [1.165, 1.54) is 30.3 Å². The minimum Gasteiger partial charge on any atom is -0.493 e. The number of ether oxygens (including phenoxy) is 4. The van der Waals surface area contributed by atoms with Crippen LogP contribution in [0.1, 0.15) is 28.8 Å². The van der Waals surface area contributed by atoms with Crippen LogP contribution in [0.3, 0.4) is 0 Å². The molecule has 0 saturated carbocycles. The number of benzene rings is 2. The first-order valence-electron chi connectivity index (χ1n) is 12.5. The summed E-state index contributed by atoms with van der Waals surface area (Å²) in [5.41, 5.74) is -0.437. The van der Waals surface area contributed by atoms with Crippen LogP contribution in [0.2, 0.25) is 0 Å². The molecule has 210 valence electrons. The molecule has 3 aromatic rings. The highest BCUT2D eigenvalue weighted by atomic mass is 19.4. The van der Waals surface area contributed by atoms with Crippen LogP contribution in [0.25, 0.3) is 0 Å². The van der Waals surface area contributed by atoms with E-state index in [4.69, 9.17) is 18.9 Å². The van der Waals surface area contributed by atoms with E-state index in [1.54, 1.807) is 29.2 Å². The van der Waals surface area contributed by atoms with Gasteiger partial charge in [0.2, 0.25) is 5.88 Å². The standard InChI is InChI=1S/C29H27F3N2O6/c1-2-17-37-27(35)21-3-6-23(7-4-21)38-19-20-13-15-34(16-14-20)28(36)40-25-10-8-24(9-11-25)39-26-12-5-22(18-33-26)29(30,31)32/h2-12,18,20H,1,13-17,19H2. The molecule has 1 aliphatic rings. The molecule has 40 heavy (non-hydrogen) atoms. The van der Waals surface area contributed by atoms with Gasteiger partial charge in [0, 0.05) is 25.4 Å². The number of hydrogen-bond donors (Lipinski definition) is 0. The Labute approximate surface area is 228 Å². The maximum absolute atomic E-state index is 12.7. The number of pyridine rings is 1. The van der Waals surface area contributed by atoms with Gasteiger partial charge < -0.3 is 23.8 Å². The number of esters is 1. The molecule has 11 heteroatoms. The minimum absolute atomic E-state index is 0.00515. The van der Waals surface area contributed by atoms with Crippen LogP contribution < -0.4 is 14.2 Å². The van der Waals surface area contributed by atoms with Gasteiger partial charge in [0.1, 0.15) is 23.9 Å². The lowest BCUT2D eigenvalue weighted by Crippen LogP contribution is -2.41. The molecule has 1 aliphatic heterocycles. The Hall–Kier alpha value is -4.54. The Balaban J connectivity index is 1.18. The topological polar surface area (TPSA) is 87.2 Å². The zero-order chi connectivity index (χ0) is 28.5. The van der Waals surface area contributed by atoms with Gasteiger partial charge >= 0.3 is 18.2 Å². The van der Waals surface area contributed by atoms with Crippen molar-refractivity contribution in [2.75, 3.05) is 26.3 Å². The van der Waals surface area contributed by atoms with Crippen LogP contribution in [0, 0.1) is 5.92 Å². The molecular formula is C29H27F3N2O6. The zero-order valence-electron chi connectivity index (χ0n) is 21.4. The smallest absolute Gasteiger partial charge is 0.417 e. The fourth-order valence-electron chi connectivity index (χ4n) is 3.87. The number of hydrogen-bond acceptors (Lipinski definition) is 7. The SMILES string of the molecule is C=CCOC(=O)c1ccc(OCC2CCN(C(=O)Oc3ccc(Oc4ccc(C(F)(F)F)cn4)cc3)CC2)cc1. The summed E-state index contributed by atoms with van der Waals surface area (Å²) in [4.78, 5) is 29.7. The second-order valence-corrected chi connectivity index (χ2v) is 8.98. The van der Waals surface area contributed by atoms with Crippen molar-refractivity contribution in [2.45, 2.75) is 19.0 Å². The highest BCUT2D eigenvalue weighted by molar-refractivity contribution is 5.89. The normalized spacial score (nSPS) is 13.8. The molecule has 0 atom stereocenters. The summed E-state index contributed by atoms with van der Waals surface area (Å²) in [7, 11) is 0. The number of piperidine rings is 1. The van der Waals surface area contributed by atoms with Crippen LogP contribution >= 0.6 is 0 Å². The Morgan fingerprint density at radius 3 is 2.20 bits per heavy atom. The quantitative estimate of drug-likeness (QED) is 0.219. The molecule has 8 nitrogen and oxygen atoms in total. The molecule has 1 saturated heterocycles. The van der Waals surface area contributed by atoms with E-state index in [0.717, 1.165) is 25.0 Å². The van der Waals surface area contributed by atoms with Crippen molar-refractivity contribution < 1.29 is 41.7 Å². The van der Waals surface area contributed by atoms with Gasteiger partial charge in [0.05, 0.1) is 17.7 Å². The number of nitrogens with zero attached hydrogens (tertiary/aromatic N) is 2. The summed E-state index contributed by atoms with van der Waals surface area (Å²) in [5, 5.41) is 0. The molecule has 1 fully saturated rings. The van der Waals surface area contributed by atoms with Gasteiger partial charge in [0.15, 0.2) is 0 Å². The molecule has 2 aromatic carbocycles. The van der Waals surface area contributed by atoms with E-state index >= 15 is 0 Å². The average molecular weight is 557 g/mol. The molecule has 0 spiro atoms. The van der Waals surface area contributed by atoms with Gasteiger partial charge in [0.25, 0.3) is 0 Å². The Morgan fingerprint density at radius 1 is 0.950 bits per heavy atom. The molecule has 0 unspecified atom stereocenters. The highest BCUT2D eigenvalue weighted by Gasteiger charge is 2.30. The second kappa shape index (κ2) is 13.0. The first-order valence-corrected chi connectivity index (χ1v) is 12.5. The number of carbonyl (C=O) groups excluding carboxylic acids is 2. The lowest BCUT2D eigenvalue weighted by atomic mass is 9.98. The number of aromatic nitrogens is 1. The Morgan fingerprint density at radius 2 is 1.60 bits per heavy atom. The molecule has 1 amide bonds.